The van der Waals surface area contributed by atoms with Crippen LogP contribution in [0.15, 0.2) is 64.6 Å². The van der Waals surface area contributed by atoms with Gasteiger partial charge in [0.15, 0.2) is 0 Å². The second-order valence-electron chi connectivity index (χ2n) is 8.89. The molecule has 5 rings (SSSR count). The normalized spacial score (nSPS) is 11.5. The Kier molecular flexibility index (Phi) is 5.68. The lowest BCUT2D eigenvalue weighted by Gasteiger charge is -2.11. The van der Waals surface area contributed by atoms with Gasteiger partial charge < -0.3 is 9.30 Å². The third-order valence-electron chi connectivity index (χ3n) is 6.24. The number of hydrogen-bond donors (Lipinski definition) is 1. The van der Waals surface area contributed by atoms with Crippen LogP contribution in [0.25, 0.3) is 32.0 Å². The predicted molar refractivity (Wildman–Crippen MR) is 141 cm³/mol. The van der Waals surface area contributed by atoms with E-state index in [4.69, 9.17) is 4.74 Å². The number of aromatic amines is 1. The summed E-state index contributed by atoms with van der Waals surface area (Å²) in [4.78, 5) is 35.1. The Morgan fingerprint density at radius 1 is 1.06 bits per heavy atom. The molecule has 35 heavy (non-hydrogen) atoms. The summed E-state index contributed by atoms with van der Waals surface area (Å²) >= 11 is 1.40. The van der Waals surface area contributed by atoms with Gasteiger partial charge >= 0.3 is 5.69 Å². The predicted octanol–water partition coefficient (Wildman–Crippen LogP) is 5.34. The molecule has 5 aromatic rings. The molecule has 0 radical (unpaired) electrons. The first-order valence-corrected chi connectivity index (χ1v) is 12.2. The molecule has 8 heteroatoms. The SMILES string of the molecule is COc1cc(-c2sc3[nH]c(=O)n(-c4ccc(C(C)C)cc4)c(=O)c3c2C)ccc1-n1cnc(C)c1. The van der Waals surface area contributed by atoms with Gasteiger partial charge in [-0.05, 0) is 60.7 Å². The Morgan fingerprint density at radius 2 is 1.80 bits per heavy atom. The van der Waals surface area contributed by atoms with Crippen LogP contribution in [0.4, 0.5) is 0 Å². The van der Waals surface area contributed by atoms with Crippen LogP contribution in [-0.4, -0.2) is 26.2 Å². The van der Waals surface area contributed by atoms with E-state index in [1.807, 2.05) is 67.1 Å². The number of H-pyrrole nitrogens is 1. The van der Waals surface area contributed by atoms with Crippen molar-refractivity contribution in [3.05, 3.63) is 92.6 Å². The topological polar surface area (TPSA) is 81.9 Å². The maximum Gasteiger partial charge on any atom is 0.334 e. The van der Waals surface area contributed by atoms with E-state index in [0.29, 0.717) is 27.6 Å². The molecule has 0 unspecified atom stereocenters. The van der Waals surface area contributed by atoms with Gasteiger partial charge in [0, 0.05) is 11.1 Å². The number of nitrogens with zero attached hydrogens (tertiary/aromatic N) is 3. The van der Waals surface area contributed by atoms with Crippen LogP contribution in [0.2, 0.25) is 0 Å². The van der Waals surface area contributed by atoms with Crippen LogP contribution in [0, 0.1) is 13.8 Å². The summed E-state index contributed by atoms with van der Waals surface area (Å²) in [6.45, 7) is 8.06. The Morgan fingerprint density at radius 3 is 2.43 bits per heavy atom. The molecule has 7 nitrogen and oxygen atoms in total. The molecule has 0 bridgehead atoms. The smallest absolute Gasteiger partial charge is 0.334 e. The highest BCUT2D eigenvalue weighted by molar-refractivity contribution is 7.22. The minimum atomic E-state index is -0.448. The second-order valence-corrected chi connectivity index (χ2v) is 9.91. The molecule has 3 aromatic heterocycles. The monoisotopic (exact) mass is 486 g/mol. The summed E-state index contributed by atoms with van der Waals surface area (Å²) in [6.07, 6.45) is 3.68. The number of methoxy groups -OCH3 is 1. The number of ether oxygens (including phenoxy) is 1. The van der Waals surface area contributed by atoms with Crippen molar-refractivity contribution in [1.82, 2.24) is 19.1 Å². The fourth-order valence-corrected chi connectivity index (χ4v) is 5.50. The summed E-state index contributed by atoms with van der Waals surface area (Å²) in [7, 11) is 1.63. The zero-order valence-electron chi connectivity index (χ0n) is 20.2. The van der Waals surface area contributed by atoms with Crippen molar-refractivity contribution in [1.29, 1.82) is 0 Å². The number of rotatable bonds is 5. The molecule has 0 aliphatic heterocycles. The van der Waals surface area contributed by atoms with Crippen LogP contribution in [0.5, 0.6) is 5.75 Å². The van der Waals surface area contributed by atoms with Crippen LogP contribution < -0.4 is 16.0 Å². The molecular weight excluding hydrogens is 460 g/mol. The fourth-order valence-electron chi connectivity index (χ4n) is 4.32. The van der Waals surface area contributed by atoms with Gasteiger partial charge in [-0.1, -0.05) is 32.0 Å². The van der Waals surface area contributed by atoms with E-state index in [1.54, 1.807) is 13.4 Å². The molecule has 0 amide bonds. The Balaban J connectivity index is 1.64. The zero-order valence-corrected chi connectivity index (χ0v) is 21.1. The van der Waals surface area contributed by atoms with Crippen molar-refractivity contribution < 1.29 is 4.74 Å². The van der Waals surface area contributed by atoms with Gasteiger partial charge in [0.1, 0.15) is 10.6 Å². The summed E-state index contributed by atoms with van der Waals surface area (Å²) in [6, 6.07) is 13.5. The first-order valence-electron chi connectivity index (χ1n) is 11.4. The van der Waals surface area contributed by atoms with E-state index in [1.165, 1.54) is 15.9 Å². The zero-order chi connectivity index (χ0) is 24.9. The Labute approximate surface area is 206 Å². The lowest BCUT2D eigenvalue weighted by atomic mass is 10.0. The molecule has 2 aromatic carbocycles. The van der Waals surface area contributed by atoms with Crippen molar-refractivity contribution in [3.8, 4) is 27.6 Å². The highest BCUT2D eigenvalue weighted by atomic mass is 32.1. The number of imidazole rings is 1. The van der Waals surface area contributed by atoms with E-state index in [2.05, 4.69) is 23.8 Å². The highest BCUT2D eigenvalue weighted by Gasteiger charge is 2.19. The van der Waals surface area contributed by atoms with Crippen LogP contribution >= 0.6 is 11.3 Å². The lowest BCUT2D eigenvalue weighted by molar-refractivity contribution is 0.413. The van der Waals surface area contributed by atoms with Crippen molar-refractivity contribution in [3.63, 3.8) is 0 Å². The van der Waals surface area contributed by atoms with E-state index >= 15 is 0 Å². The van der Waals surface area contributed by atoms with Crippen LogP contribution in [-0.2, 0) is 0 Å². The molecule has 0 spiro atoms. The van der Waals surface area contributed by atoms with Crippen LogP contribution in [0.3, 0.4) is 0 Å². The number of aryl methyl sites for hydroxylation is 2. The average Bonchev–Trinajstić information content (AvgIpc) is 3.41. The quantitative estimate of drug-likeness (QED) is 0.363. The summed E-state index contributed by atoms with van der Waals surface area (Å²) in [5.41, 5.74) is 4.45. The minimum absolute atomic E-state index is 0.321. The maximum absolute atomic E-state index is 13.5. The third kappa shape index (κ3) is 3.89. The molecule has 1 N–H and O–H groups in total. The van der Waals surface area contributed by atoms with Crippen LogP contribution in [0.1, 0.15) is 36.6 Å². The largest absolute Gasteiger partial charge is 0.495 e. The average molecular weight is 487 g/mol. The summed E-state index contributed by atoms with van der Waals surface area (Å²) in [5.74, 6) is 1.05. The van der Waals surface area contributed by atoms with E-state index in [9.17, 15) is 9.59 Å². The number of hydrogen-bond acceptors (Lipinski definition) is 5. The van der Waals surface area contributed by atoms with Gasteiger partial charge in [-0.2, -0.15) is 0 Å². The number of nitrogens with one attached hydrogen (secondary N) is 1. The van der Waals surface area contributed by atoms with Gasteiger partial charge in [-0.15, -0.1) is 11.3 Å². The fraction of sp³-hybridized carbons (Fsp3) is 0.222. The first kappa shape index (κ1) is 22.9. The van der Waals surface area contributed by atoms with Crippen molar-refractivity contribution in [2.45, 2.75) is 33.6 Å². The second kappa shape index (κ2) is 8.70. The highest BCUT2D eigenvalue weighted by Crippen LogP contribution is 2.38. The third-order valence-corrected chi connectivity index (χ3v) is 7.49. The molecule has 0 fully saturated rings. The summed E-state index contributed by atoms with van der Waals surface area (Å²) in [5, 5.41) is 0.519. The Hall–Kier alpha value is -3.91. The van der Waals surface area contributed by atoms with Gasteiger partial charge in [0.05, 0.1) is 35.9 Å². The molecule has 0 saturated carbocycles. The molecule has 0 saturated heterocycles. The molecule has 0 aliphatic rings. The molecule has 178 valence electrons. The van der Waals surface area contributed by atoms with Gasteiger partial charge in [0.25, 0.3) is 5.56 Å². The summed E-state index contributed by atoms with van der Waals surface area (Å²) < 4.78 is 8.79. The van der Waals surface area contributed by atoms with Crippen molar-refractivity contribution >= 4 is 21.6 Å². The Bertz CT molecular complexity index is 1670. The van der Waals surface area contributed by atoms with Crippen molar-refractivity contribution in [2.24, 2.45) is 0 Å². The number of aromatic nitrogens is 4. The minimum Gasteiger partial charge on any atom is -0.495 e. The molecular formula is C27H26N4O3S. The number of fused-ring (bicyclic) bond motifs is 1. The molecule has 3 heterocycles. The van der Waals surface area contributed by atoms with E-state index in [-0.39, 0.29) is 5.56 Å². The molecule has 0 aliphatic carbocycles. The van der Waals surface area contributed by atoms with Gasteiger partial charge in [-0.3, -0.25) is 9.78 Å². The number of thiophene rings is 1. The first-order chi connectivity index (χ1) is 16.8. The van der Waals surface area contributed by atoms with Crippen molar-refractivity contribution in [2.75, 3.05) is 7.11 Å². The standard InChI is InChI=1S/C27H26N4O3S/c1-15(2)18-6-9-20(10-7-18)31-26(32)23-17(4)24(35-25(23)29-27(31)33)19-8-11-21(22(12-19)34-5)30-13-16(3)28-14-30/h6-15H,1-5H3,(H,29,33). The molecule has 0 atom stereocenters. The van der Waals surface area contributed by atoms with Gasteiger partial charge in [0.2, 0.25) is 0 Å². The number of benzene rings is 2. The lowest BCUT2D eigenvalue weighted by Crippen LogP contribution is -2.33. The van der Waals surface area contributed by atoms with E-state index in [0.717, 1.165) is 32.9 Å². The maximum atomic E-state index is 13.5. The van der Waals surface area contributed by atoms with Gasteiger partial charge in [-0.25, -0.2) is 14.3 Å². The van der Waals surface area contributed by atoms with E-state index < -0.39 is 5.69 Å².